The highest BCUT2D eigenvalue weighted by Crippen LogP contribution is 2.43. The van der Waals surface area contributed by atoms with Gasteiger partial charge in [-0.25, -0.2) is 0 Å². The monoisotopic (exact) mass is 387 g/mol. The van der Waals surface area contributed by atoms with E-state index in [4.69, 9.17) is 14.9 Å². The van der Waals surface area contributed by atoms with Crippen molar-refractivity contribution in [2.24, 2.45) is 5.73 Å². The molecule has 2 N–H and O–H groups in total. The van der Waals surface area contributed by atoms with Gasteiger partial charge in [0.15, 0.2) is 0 Å². The van der Waals surface area contributed by atoms with E-state index in [1.807, 2.05) is 33.9 Å². The van der Waals surface area contributed by atoms with Crippen LogP contribution >= 0.6 is 0 Å². The molecule has 1 radical (unpaired) electrons. The van der Waals surface area contributed by atoms with Crippen molar-refractivity contribution in [1.29, 1.82) is 0 Å². The lowest BCUT2D eigenvalue weighted by Gasteiger charge is -2.28. The predicted molar refractivity (Wildman–Crippen MR) is 105 cm³/mol. The molecule has 0 saturated heterocycles. The Kier molecular flexibility index (Phi) is 5.90. The molecule has 0 unspecified atom stereocenters. The SMILES string of the molecule is C[Si](C)Oc1c(C(N)=O)ccc(Oc2ccc([N+](=O)[O-])cc2)c1C(C)(C)C. The van der Waals surface area contributed by atoms with Gasteiger partial charge < -0.3 is 14.9 Å². The Labute approximate surface area is 160 Å². The van der Waals surface area contributed by atoms with Crippen molar-refractivity contribution >= 4 is 20.6 Å². The first-order valence-corrected chi connectivity index (χ1v) is 10.8. The van der Waals surface area contributed by atoms with Crippen molar-refractivity contribution in [2.75, 3.05) is 0 Å². The Morgan fingerprint density at radius 3 is 2.15 bits per heavy atom. The molecule has 27 heavy (non-hydrogen) atoms. The number of benzene rings is 2. The fraction of sp³-hybridized carbons (Fsp3) is 0.316. The van der Waals surface area contributed by atoms with Gasteiger partial charge in [-0.05, 0) is 42.8 Å². The maximum Gasteiger partial charge on any atom is 0.274 e. The van der Waals surface area contributed by atoms with Gasteiger partial charge in [0.1, 0.15) is 17.2 Å². The van der Waals surface area contributed by atoms with Gasteiger partial charge in [0.2, 0.25) is 0 Å². The number of nitrogens with two attached hydrogens (primary N) is 1. The standard InChI is InChI=1S/C19H23N2O5Si/c1-19(2,3)16-15(25-13-8-6-12(7-9-13)21(23)24)11-10-14(18(20)22)17(16)26-27(4)5/h6-11H,1-5H3,(H2,20,22). The van der Waals surface area contributed by atoms with Crippen LogP contribution in [0.2, 0.25) is 13.1 Å². The summed E-state index contributed by atoms with van der Waals surface area (Å²) in [6.45, 7) is 9.89. The first-order chi connectivity index (χ1) is 12.5. The highest BCUT2D eigenvalue weighted by Gasteiger charge is 2.29. The lowest BCUT2D eigenvalue weighted by molar-refractivity contribution is -0.384. The van der Waals surface area contributed by atoms with Gasteiger partial charge in [-0.3, -0.25) is 14.9 Å². The van der Waals surface area contributed by atoms with Gasteiger partial charge >= 0.3 is 0 Å². The lowest BCUT2D eigenvalue weighted by atomic mass is 9.84. The molecule has 143 valence electrons. The third-order valence-corrected chi connectivity index (χ3v) is 4.33. The van der Waals surface area contributed by atoms with Crippen LogP contribution in [0.1, 0.15) is 36.7 Å². The molecule has 0 saturated carbocycles. The lowest BCUT2D eigenvalue weighted by Crippen LogP contribution is -2.23. The number of nitro benzene ring substituents is 1. The molecule has 0 aliphatic rings. The van der Waals surface area contributed by atoms with Crippen LogP contribution in [0, 0.1) is 10.1 Å². The third-order valence-electron chi connectivity index (χ3n) is 3.72. The Hall–Kier alpha value is -2.87. The van der Waals surface area contributed by atoms with Crippen LogP contribution < -0.4 is 14.9 Å². The van der Waals surface area contributed by atoms with Gasteiger partial charge in [0.25, 0.3) is 20.6 Å². The smallest absolute Gasteiger partial charge is 0.274 e. The number of hydrogen-bond acceptors (Lipinski definition) is 5. The van der Waals surface area contributed by atoms with Gasteiger partial charge in [0, 0.05) is 17.7 Å². The Balaban J connectivity index is 2.58. The predicted octanol–water partition coefficient (Wildman–Crippen LogP) is 4.41. The second-order valence-corrected chi connectivity index (χ2v) is 9.31. The summed E-state index contributed by atoms with van der Waals surface area (Å²) in [4.78, 5) is 22.2. The van der Waals surface area contributed by atoms with E-state index in [0.717, 1.165) is 5.56 Å². The second-order valence-electron chi connectivity index (χ2n) is 7.29. The average molecular weight is 387 g/mol. The quantitative estimate of drug-likeness (QED) is 0.449. The Morgan fingerprint density at radius 2 is 1.70 bits per heavy atom. The van der Waals surface area contributed by atoms with Gasteiger partial charge in [-0.2, -0.15) is 0 Å². The molecule has 0 aliphatic carbocycles. The summed E-state index contributed by atoms with van der Waals surface area (Å²) in [5.74, 6) is 0.830. The summed E-state index contributed by atoms with van der Waals surface area (Å²) in [6.07, 6.45) is 0. The van der Waals surface area contributed by atoms with Gasteiger partial charge in [0.05, 0.1) is 10.5 Å². The number of carbonyl (C=O) groups is 1. The van der Waals surface area contributed by atoms with Crippen LogP contribution in [-0.4, -0.2) is 19.9 Å². The molecule has 0 fully saturated rings. The van der Waals surface area contributed by atoms with Crippen molar-refractivity contribution in [3.05, 3.63) is 57.6 Å². The Bertz CT molecular complexity index is 858. The minimum atomic E-state index is -1.17. The molecule has 0 bridgehead atoms. The minimum Gasteiger partial charge on any atom is -0.542 e. The number of hydrogen-bond donors (Lipinski definition) is 1. The summed E-state index contributed by atoms with van der Waals surface area (Å²) in [6, 6.07) is 9.07. The van der Waals surface area contributed by atoms with E-state index >= 15 is 0 Å². The number of amides is 1. The van der Waals surface area contributed by atoms with Crippen LogP contribution in [0.4, 0.5) is 5.69 Å². The van der Waals surface area contributed by atoms with Gasteiger partial charge in [-0.15, -0.1) is 0 Å². The number of rotatable bonds is 6. The maximum atomic E-state index is 11.9. The van der Waals surface area contributed by atoms with Crippen molar-refractivity contribution < 1.29 is 18.9 Å². The van der Waals surface area contributed by atoms with Crippen LogP contribution in [0.3, 0.4) is 0 Å². The number of primary amides is 1. The number of non-ortho nitro benzene ring substituents is 1. The van der Waals surface area contributed by atoms with Crippen LogP contribution in [0.25, 0.3) is 0 Å². The van der Waals surface area contributed by atoms with Crippen molar-refractivity contribution in [3.63, 3.8) is 0 Å². The first kappa shape index (κ1) is 20.4. The van der Waals surface area contributed by atoms with E-state index in [1.165, 1.54) is 24.3 Å². The number of nitrogens with zero attached hydrogens (tertiary/aromatic N) is 1. The van der Waals surface area contributed by atoms with Crippen LogP contribution in [0.5, 0.6) is 17.2 Å². The zero-order valence-electron chi connectivity index (χ0n) is 16.0. The highest BCUT2D eigenvalue weighted by atomic mass is 28.3. The summed E-state index contributed by atoms with van der Waals surface area (Å²) in [7, 11) is -1.17. The molecular weight excluding hydrogens is 364 g/mol. The topological polar surface area (TPSA) is 105 Å². The Morgan fingerprint density at radius 1 is 1.11 bits per heavy atom. The molecule has 2 rings (SSSR count). The second kappa shape index (κ2) is 7.79. The highest BCUT2D eigenvalue weighted by molar-refractivity contribution is 6.49. The molecule has 0 aliphatic heterocycles. The van der Waals surface area contributed by atoms with Crippen LogP contribution in [0.15, 0.2) is 36.4 Å². The zero-order valence-corrected chi connectivity index (χ0v) is 17.0. The minimum absolute atomic E-state index is 0.0179. The van der Waals surface area contributed by atoms with E-state index in [9.17, 15) is 14.9 Å². The maximum absolute atomic E-state index is 11.9. The molecule has 0 aromatic heterocycles. The molecule has 1 amide bonds. The van der Waals surface area contributed by atoms with Gasteiger partial charge in [-0.1, -0.05) is 20.8 Å². The van der Waals surface area contributed by atoms with Crippen molar-refractivity contribution in [2.45, 2.75) is 39.3 Å². The largest absolute Gasteiger partial charge is 0.542 e. The molecule has 7 nitrogen and oxygen atoms in total. The number of nitro groups is 1. The van der Waals surface area contributed by atoms with Crippen molar-refractivity contribution in [1.82, 2.24) is 0 Å². The summed E-state index contributed by atoms with van der Waals surface area (Å²) >= 11 is 0. The summed E-state index contributed by atoms with van der Waals surface area (Å²) < 4.78 is 12.0. The summed E-state index contributed by atoms with van der Waals surface area (Å²) in [5.41, 5.74) is 6.16. The molecule has 0 atom stereocenters. The van der Waals surface area contributed by atoms with E-state index in [-0.39, 0.29) is 5.69 Å². The summed E-state index contributed by atoms with van der Waals surface area (Å²) in [5, 5.41) is 10.8. The van der Waals surface area contributed by atoms with E-state index in [1.54, 1.807) is 12.1 Å². The fourth-order valence-electron chi connectivity index (χ4n) is 2.63. The van der Waals surface area contributed by atoms with E-state index < -0.39 is 25.3 Å². The van der Waals surface area contributed by atoms with Crippen molar-refractivity contribution in [3.8, 4) is 17.2 Å². The fourth-order valence-corrected chi connectivity index (χ4v) is 3.25. The number of carbonyl (C=O) groups excluding carboxylic acids is 1. The van der Waals surface area contributed by atoms with E-state index in [0.29, 0.717) is 22.8 Å². The van der Waals surface area contributed by atoms with Crippen LogP contribution in [-0.2, 0) is 5.41 Å². The molecule has 2 aromatic carbocycles. The normalized spacial score (nSPS) is 11.3. The third kappa shape index (κ3) is 4.85. The molecular formula is C19H23N2O5Si. The molecule has 2 aromatic rings. The first-order valence-electron chi connectivity index (χ1n) is 8.38. The molecule has 0 spiro atoms. The number of ether oxygens (including phenoxy) is 1. The zero-order chi connectivity index (χ0) is 20.4. The van der Waals surface area contributed by atoms with E-state index in [2.05, 4.69) is 0 Å². The average Bonchev–Trinajstić information content (AvgIpc) is 2.53. The molecule has 0 heterocycles. The molecule has 8 heteroatoms.